The van der Waals surface area contributed by atoms with Gasteiger partial charge >= 0.3 is 11.9 Å². The summed E-state index contributed by atoms with van der Waals surface area (Å²) in [5.41, 5.74) is 2.09. The molecule has 0 N–H and O–H groups in total. The van der Waals surface area contributed by atoms with E-state index in [1.54, 1.807) is 68.4 Å². The molecule has 0 saturated carbocycles. The quantitative estimate of drug-likeness (QED) is 0.527. The molecular weight excluding hydrogens is 462 g/mol. The predicted molar refractivity (Wildman–Crippen MR) is 128 cm³/mol. The Morgan fingerprint density at radius 1 is 0.750 bits per heavy atom. The molecule has 9 nitrogen and oxygen atoms in total. The van der Waals surface area contributed by atoms with E-state index in [1.807, 2.05) is 6.07 Å². The molecular formula is C27H23N3O6. The summed E-state index contributed by atoms with van der Waals surface area (Å²) in [5.74, 6) is -2.36. The van der Waals surface area contributed by atoms with Crippen LogP contribution in [0.25, 0.3) is 11.4 Å². The molecule has 0 unspecified atom stereocenters. The van der Waals surface area contributed by atoms with Gasteiger partial charge in [-0.05, 0) is 37.1 Å². The van der Waals surface area contributed by atoms with Crippen molar-refractivity contribution in [2.75, 3.05) is 26.3 Å². The first-order valence-electron chi connectivity index (χ1n) is 11.4. The third-order valence-electron chi connectivity index (χ3n) is 5.70. The minimum atomic E-state index is -0.629. The van der Waals surface area contributed by atoms with Crippen molar-refractivity contribution in [3.05, 3.63) is 82.4 Å². The Hall–Kier alpha value is -4.71. The summed E-state index contributed by atoms with van der Waals surface area (Å²) in [6.07, 6.45) is 0. The fraction of sp³-hybridized carbons (Fsp3) is 0.222. The largest absolute Gasteiger partial charge is 0.465 e. The number of hydrogen-bond acceptors (Lipinski definition) is 7. The number of carbonyl (C=O) groups is 4. The zero-order valence-corrected chi connectivity index (χ0v) is 19.8. The van der Waals surface area contributed by atoms with E-state index in [0.717, 1.165) is 0 Å². The van der Waals surface area contributed by atoms with Crippen LogP contribution in [0.5, 0.6) is 0 Å². The first kappa shape index (κ1) is 24.4. The molecule has 9 heteroatoms. The fourth-order valence-corrected chi connectivity index (χ4v) is 4.27. The number of ether oxygens (including phenoxy) is 2. The van der Waals surface area contributed by atoms with E-state index in [-0.39, 0.29) is 42.3 Å². The van der Waals surface area contributed by atoms with Gasteiger partial charge in [-0.3, -0.25) is 29.0 Å². The zero-order valence-electron chi connectivity index (χ0n) is 19.8. The molecule has 0 aromatic heterocycles. The minimum absolute atomic E-state index is 0.0807. The monoisotopic (exact) mass is 485 g/mol. The number of nitriles is 1. The summed E-state index contributed by atoms with van der Waals surface area (Å²) in [4.78, 5) is 54.8. The highest BCUT2D eigenvalue weighted by atomic mass is 16.5. The Balaban J connectivity index is 1.94. The number of fused-ring (bicyclic) bond motifs is 1. The summed E-state index contributed by atoms with van der Waals surface area (Å²) < 4.78 is 10.1. The summed E-state index contributed by atoms with van der Waals surface area (Å²) in [6, 6.07) is 17.2. The van der Waals surface area contributed by atoms with Crippen LogP contribution in [-0.4, -0.2) is 59.9 Å². The highest BCUT2D eigenvalue weighted by Crippen LogP contribution is 2.46. The van der Waals surface area contributed by atoms with E-state index >= 15 is 0 Å². The molecule has 0 saturated heterocycles. The molecule has 0 bridgehead atoms. The van der Waals surface area contributed by atoms with Gasteiger partial charge in [0.2, 0.25) is 0 Å². The van der Waals surface area contributed by atoms with E-state index in [1.165, 1.54) is 9.80 Å². The van der Waals surface area contributed by atoms with Crippen LogP contribution in [0.2, 0.25) is 0 Å². The molecule has 36 heavy (non-hydrogen) atoms. The van der Waals surface area contributed by atoms with Gasteiger partial charge in [0.15, 0.2) is 0 Å². The van der Waals surface area contributed by atoms with Crippen molar-refractivity contribution in [3.8, 4) is 6.07 Å². The smallest absolute Gasteiger partial charge is 0.326 e. The number of esters is 2. The van der Waals surface area contributed by atoms with E-state index < -0.39 is 30.3 Å². The van der Waals surface area contributed by atoms with Gasteiger partial charge in [-0.25, -0.2) is 0 Å². The van der Waals surface area contributed by atoms with Gasteiger partial charge in [-0.2, -0.15) is 5.26 Å². The lowest BCUT2D eigenvalue weighted by Crippen LogP contribution is -2.35. The number of carbonyl (C=O) groups excluding carboxylic acids is 4. The maximum atomic E-state index is 13.8. The lowest BCUT2D eigenvalue weighted by molar-refractivity contribution is -0.146. The number of rotatable bonds is 8. The highest BCUT2D eigenvalue weighted by Gasteiger charge is 2.49. The average molecular weight is 485 g/mol. The van der Waals surface area contributed by atoms with E-state index in [9.17, 15) is 24.4 Å². The molecule has 0 fully saturated rings. The molecule has 2 aliphatic rings. The van der Waals surface area contributed by atoms with Crippen molar-refractivity contribution in [2.45, 2.75) is 13.8 Å². The molecule has 2 heterocycles. The van der Waals surface area contributed by atoms with Gasteiger partial charge in [-0.1, -0.05) is 42.5 Å². The van der Waals surface area contributed by atoms with Crippen molar-refractivity contribution in [1.82, 2.24) is 9.80 Å². The van der Waals surface area contributed by atoms with Gasteiger partial charge in [0, 0.05) is 0 Å². The predicted octanol–water partition coefficient (Wildman–Crippen LogP) is 2.49. The maximum absolute atomic E-state index is 13.8. The van der Waals surface area contributed by atoms with Gasteiger partial charge < -0.3 is 9.47 Å². The van der Waals surface area contributed by atoms with Crippen LogP contribution in [0.3, 0.4) is 0 Å². The van der Waals surface area contributed by atoms with Crippen molar-refractivity contribution >= 4 is 35.1 Å². The van der Waals surface area contributed by atoms with Crippen LogP contribution in [-0.2, 0) is 28.7 Å². The molecule has 0 aliphatic carbocycles. The SMILES string of the molecule is CCOC(=O)CN1C(=O)C2=C(c3ccc(C#N)cc3)N(CC(=O)OCC)C(=O)C2=C1c1ccccc1. The third kappa shape index (κ3) is 4.36. The molecule has 0 atom stereocenters. The van der Waals surface area contributed by atoms with Gasteiger partial charge in [0.1, 0.15) is 13.1 Å². The van der Waals surface area contributed by atoms with E-state index in [4.69, 9.17) is 9.47 Å². The van der Waals surface area contributed by atoms with Crippen LogP contribution in [0, 0.1) is 11.3 Å². The van der Waals surface area contributed by atoms with Crippen LogP contribution >= 0.6 is 0 Å². The van der Waals surface area contributed by atoms with E-state index in [2.05, 4.69) is 0 Å². The summed E-state index contributed by atoms with van der Waals surface area (Å²) in [6.45, 7) is 2.82. The van der Waals surface area contributed by atoms with Gasteiger partial charge in [0.05, 0.1) is 47.4 Å². The Kier molecular flexibility index (Phi) is 6.97. The van der Waals surface area contributed by atoms with Crippen molar-refractivity contribution in [1.29, 1.82) is 5.26 Å². The average Bonchev–Trinajstić information content (AvgIpc) is 3.31. The van der Waals surface area contributed by atoms with Gasteiger partial charge in [-0.15, -0.1) is 0 Å². The third-order valence-corrected chi connectivity index (χ3v) is 5.70. The Bertz CT molecular complexity index is 1340. The summed E-state index contributed by atoms with van der Waals surface area (Å²) >= 11 is 0. The second kappa shape index (κ2) is 10.3. The standard InChI is InChI=1S/C27H23N3O6/c1-3-35-20(31)15-29-24(18-8-6-5-7-9-18)22-23(27(29)34)25(19-12-10-17(14-28)11-13-19)30(26(22)33)16-21(32)36-4-2/h5-13H,3-4,15-16H2,1-2H3. The summed E-state index contributed by atoms with van der Waals surface area (Å²) in [7, 11) is 0. The first-order valence-corrected chi connectivity index (χ1v) is 11.4. The zero-order chi connectivity index (χ0) is 25.8. The van der Waals surface area contributed by atoms with Crippen molar-refractivity contribution < 1.29 is 28.7 Å². The normalized spacial score (nSPS) is 14.8. The number of hydrogen-bond donors (Lipinski definition) is 0. The van der Waals surface area contributed by atoms with Crippen LogP contribution < -0.4 is 0 Å². The van der Waals surface area contributed by atoms with Crippen LogP contribution in [0.4, 0.5) is 0 Å². The highest BCUT2D eigenvalue weighted by molar-refractivity contribution is 6.31. The molecule has 4 rings (SSSR count). The molecule has 2 amide bonds. The second-order valence-corrected chi connectivity index (χ2v) is 7.90. The number of benzene rings is 2. The molecule has 2 aliphatic heterocycles. The maximum Gasteiger partial charge on any atom is 0.326 e. The topological polar surface area (TPSA) is 117 Å². The molecule has 2 aromatic rings. The van der Waals surface area contributed by atoms with Crippen molar-refractivity contribution in [3.63, 3.8) is 0 Å². The summed E-state index contributed by atoms with van der Waals surface area (Å²) in [5, 5.41) is 9.18. The second-order valence-electron chi connectivity index (χ2n) is 7.90. The molecule has 2 aromatic carbocycles. The van der Waals surface area contributed by atoms with Crippen molar-refractivity contribution in [2.24, 2.45) is 0 Å². The lowest BCUT2D eigenvalue weighted by atomic mass is 10.0. The van der Waals surface area contributed by atoms with Crippen LogP contribution in [0.15, 0.2) is 65.7 Å². The lowest BCUT2D eigenvalue weighted by Gasteiger charge is -2.24. The molecule has 182 valence electrons. The Morgan fingerprint density at radius 3 is 1.61 bits per heavy atom. The van der Waals surface area contributed by atoms with Gasteiger partial charge in [0.25, 0.3) is 11.8 Å². The minimum Gasteiger partial charge on any atom is -0.465 e. The number of nitrogens with zero attached hydrogens (tertiary/aromatic N) is 3. The molecule has 0 radical (unpaired) electrons. The first-order chi connectivity index (χ1) is 17.4. The molecule has 0 spiro atoms. The number of amides is 2. The Morgan fingerprint density at radius 2 is 1.19 bits per heavy atom. The van der Waals surface area contributed by atoms with Crippen LogP contribution in [0.1, 0.15) is 30.5 Å². The Labute approximate surface area is 207 Å². The fourth-order valence-electron chi connectivity index (χ4n) is 4.27. The van der Waals surface area contributed by atoms with E-state index in [0.29, 0.717) is 16.7 Å².